The fraction of sp³-hybridized carbons (Fsp3) is 0.200. The van der Waals surface area contributed by atoms with E-state index in [2.05, 4.69) is 15.5 Å². The Morgan fingerprint density at radius 2 is 1.68 bits per heavy atom. The second kappa shape index (κ2) is 8.34. The predicted molar refractivity (Wildman–Crippen MR) is 106 cm³/mol. The molecule has 3 rings (SSSR count). The van der Waals surface area contributed by atoms with E-state index in [1.807, 2.05) is 24.3 Å². The average Bonchev–Trinajstić information content (AvgIpc) is 3.16. The Morgan fingerprint density at radius 3 is 2.29 bits per heavy atom. The van der Waals surface area contributed by atoms with Crippen molar-refractivity contribution in [3.05, 3.63) is 47.7 Å². The molecule has 0 aliphatic heterocycles. The Morgan fingerprint density at radius 1 is 0.964 bits per heavy atom. The predicted octanol–water partition coefficient (Wildman–Crippen LogP) is 2.97. The molecule has 0 saturated heterocycles. The van der Waals surface area contributed by atoms with Crippen molar-refractivity contribution in [2.75, 3.05) is 28.4 Å². The molecule has 8 heteroatoms. The quantitative estimate of drug-likeness (QED) is 0.483. The van der Waals surface area contributed by atoms with Gasteiger partial charge in [0, 0.05) is 5.39 Å². The third-order valence-electron chi connectivity index (χ3n) is 4.16. The van der Waals surface area contributed by atoms with Gasteiger partial charge in [-0.3, -0.25) is 4.79 Å². The van der Waals surface area contributed by atoms with Crippen LogP contribution in [0.1, 0.15) is 16.1 Å². The monoisotopic (exact) mass is 383 g/mol. The zero-order chi connectivity index (χ0) is 20.1. The van der Waals surface area contributed by atoms with Crippen LogP contribution in [0, 0.1) is 0 Å². The molecule has 0 spiro atoms. The lowest BCUT2D eigenvalue weighted by molar-refractivity contribution is 0.0951. The summed E-state index contributed by atoms with van der Waals surface area (Å²) < 4.78 is 21.2. The number of carbonyl (C=O) groups excluding carboxylic acids is 1. The van der Waals surface area contributed by atoms with Crippen LogP contribution in [0.15, 0.2) is 41.5 Å². The molecule has 1 heterocycles. The zero-order valence-corrected chi connectivity index (χ0v) is 16.0. The summed E-state index contributed by atoms with van der Waals surface area (Å²) in [5.74, 6) is 1.77. The van der Waals surface area contributed by atoms with Gasteiger partial charge < -0.3 is 23.9 Å². The number of methoxy groups -OCH3 is 4. The number of hydrogen-bond acceptors (Lipinski definition) is 6. The first kappa shape index (κ1) is 19.1. The molecule has 2 N–H and O–H groups in total. The van der Waals surface area contributed by atoms with Crippen LogP contribution in [-0.4, -0.2) is 45.5 Å². The molecule has 2 aromatic carbocycles. The van der Waals surface area contributed by atoms with Crippen LogP contribution in [0.4, 0.5) is 0 Å². The van der Waals surface area contributed by atoms with E-state index in [-0.39, 0.29) is 5.91 Å². The Balaban J connectivity index is 1.82. The molecule has 0 aliphatic carbocycles. The molecule has 146 valence electrons. The van der Waals surface area contributed by atoms with Gasteiger partial charge in [0.15, 0.2) is 11.5 Å². The molecule has 0 bridgehead atoms. The average molecular weight is 383 g/mol. The summed E-state index contributed by atoms with van der Waals surface area (Å²) in [5.41, 5.74) is 4.28. The maximum Gasteiger partial charge on any atom is 0.287 e. The van der Waals surface area contributed by atoms with Gasteiger partial charge in [-0.2, -0.15) is 5.10 Å². The molecule has 28 heavy (non-hydrogen) atoms. The van der Waals surface area contributed by atoms with Crippen molar-refractivity contribution in [1.82, 2.24) is 10.4 Å². The number of carbonyl (C=O) groups is 1. The zero-order valence-electron chi connectivity index (χ0n) is 16.0. The number of fused-ring (bicyclic) bond motifs is 1. The van der Waals surface area contributed by atoms with Crippen LogP contribution in [0.25, 0.3) is 10.9 Å². The third-order valence-corrected chi connectivity index (χ3v) is 4.16. The first-order valence-corrected chi connectivity index (χ1v) is 8.40. The number of aromatic nitrogens is 1. The maximum atomic E-state index is 12.4. The minimum atomic E-state index is -0.388. The molecule has 1 amide bonds. The number of rotatable bonds is 7. The van der Waals surface area contributed by atoms with E-state index in [9.17, 15) is 4.79 Å². The van der Waals surface area contributed by atoms with E-state index in [1.54, 1.807) is 25.5 Å². The number of nitrogens with zero attached hydrogens (tertiary/aromatic N) is 1. The van der Waals surface area contributed by atoms with Gasteiger partial charge in [0.25, 0.3) is 5.91 Å². The van der Waals surface area contributed by atoms with E-state index in [0.29, 0.717) is 28.5 Å². The number of nitrogens with one attached hydrogen (secondary N) is 2. The molecule has 3 aromatic rings. The smallest absolute Gasteiger partial charge is 0.287 e. The van der Waals surface area contributed by atoms with E-state index in [4.69, 9.17) is 18.9 Å². The van der Waals surface area contributed by atoms with Gasteiger partial charge in [0.2, 0.25) is 5.75 Å². The van der Waals surface area contributed by atoms with Crippen molar-refractivity contribution >= 4 is 23.0 Å². The van der Waals surface area contributed by atoms with Gasteiger partial charge in [-0.25, -0.2) is 5.43 Å². The number of H-pyrrole nitrogens is 1. The van der Waals surface area contributed by atoms with Gasteiger partial charge in [-0.15, -0.1) is 0 Å². The topological polar surface area (TPSA) is 94.2 Å². The first-order chi connectivity index (χ1) is 13.6. The Labute approximate surface area is 162 Å². The highest BCUT2D eigenvalue weighted by Gasteiger charge is 2.19. The SMILES string of the molecule is COc1ccc(/C=N/NC(=O)c2cc3cc(OC)c(OC)c(OC)c3[nH]2)cc1. The first-order valence-electron chi connectivity index (χ1n) is 8.40. The van der Waals surface area contributed by atoms with Crippen LogP contribution in [-0.2, 0) is 0 Å². The highest BCUT2D eigenvalue weighted by atomic mass is 16.5. The molecule has 8 nitrogen and oxygen atoms in total. The minimum absolute atomic E-state index is 0.329. The number of benzene rings is 2. The lowest BCUT2D eigenvalue weighted by Gasteiger charge is -2.12. The van der Waals surface area contributed by atoms with Crippen LogP contribution < -0.4 is 24.4 Å². The number of hydrazone groups is 1. The van der Waals surface area contributed by atoms with E-state index < -0.39 is 0 Å². The van der Waals surface area contributed by atoms with Crippen molar-refractivity contribution < 1.29 is 23.7 Å². The standard InChI is InChI=1S/C20H21N3O5/c1-25-14-7-5-12(6-8-14)11-21-23-20(24)15-9-13-10-16(26-2)18(27-3)19(28-4)17(13)22-15/h5-11,22H,1-4H3,(H,23,24)/b21-11+. The summed E-state index contributed by atoms with van der Waals surface area (Å²) in [6.45, 7) is 0. The Hall–Kier alpha value is -3.68. The molecule has 0 atom stereocenters. The van der Waals surface area contributed by atoms with Crippen molar-refractivity contribution in [2.24, 2.45) is 5.10 Å². The van der Waals surface area contributed by atoms with Gasteiger partial charge in [-0.05, 0) is 42.0 Å². The summed E-state index contributed by atoms with van der Waals surface area (Å²) in [4.78, 5) is 15.5. The van der Waals surface area contributed by atoms with Crippen molar-refractivity contribution in [3.63, 3.8) is 0 Å². The third kappa shape index (κ3) is 3.71. The van der Waals surface area contributed by atoms with Crippen molar-refractivity contribution in [1.29, 1.82) is 0 Å². The van der Waals surface area contributed by atoms with Crippen LogP contribution in [0.2, 0.25) is 0 Å². The number of amides is 1. The summed E-state index contributed by atoms with van der Waals surface area (Å²) in [6, 6.07) is 10.8. The van der Waals surface area contributed by atoms with Gasteiger partial charge in [0.1, 0.15) is 11.4 Å². The van der Waals surface area contributed by atoms with Gasteiger partial charge in [-0.1, -0.05) is 0 Å². The maximum absolute atomic E-state index is 12.4. The lowest BCUT2D eigenvalue weighted by atomic mass is 10.2. The highest BCUT2D eigenvalue weighted by molar-refractivity contribution is 6.01. The van der Waals surface area contributed by atoms with Gasteiger partial charge in [0.05, 0.1) is 40.2 Å². The lowest BCUT2D eigenvalue weighted by Crippen LogP contribution is -2.17. The molecular formula is C20H21N3O5. The molecule has 0 saturated carbocycles. The summed E-state index contributed by atoms with van der Waals surface area (Å²) in [7, 11) is 6.19. The molecule has 0 unspecified atom stereocenters. The number of hydrogen-bond donors (Lipinski definition) is 2. The van der Waals surface area contributed by atoms with Crippen LogP contribution >= 0.6 is 0 Å². The summed E-state index contributed by atoms with van der Waals surface area (Å²) in [5, 5.41) is 4.74. The summed E-state index contributed by atoms with van der Waals surface area (Å²) >= 11 is 0. The van der Waals surface area contributed by atoms with Crippen LogP contribution in [0.3, 0.4) is 0 Å². The fourth-order valence-corrected chi connectivity index (χ4v) is 2.78. The van der Waals surface area contributed by atoms with Crippen LogP contribution in [0.5, 0.6) is 23.0 Å². The Kier molecular flexibility index (Phi) is 5.69. The fourth-order valence-electron chi connectivity index (χ4n) is 2.78. The second-order valence-corrected chi connectivity index (χ2v) is 5.76. The van der Waals surface area contributed by atoms with Crippen molar-refractivity contribution in [3.8, 4) is 23.0 Å². The highest BCUT2D eigenvalue weighted by Crippen LogP contribution is 2.43. The molecule has 0 aliphatic rings. The Bertz CT molecular complexity index is 1010. The normalized spacial score (nSPS) is 10.9. The number of aromatic amines is 1. The molecular weight excluding hydrogens is 362 g/mol. The van der Waals surface area contributed by atoms with Crippen molar-refractivity contribution in [2.45, 2.75) is 0 Å². The molecule has 1 aromatic heterocycles. The summed E-state index contributed by atoms with van der Waals surface area (Å²) in [6.07, 6.45) is 1.55. The van der Waals surface area contributed by atoms with Gasteiger partial charge >= 0.3 is 0 Å². The van der Waals surface area contributed by atoms with E-state index in [1.165, 1.54) is 21.3 Å². The minimum Gasteiger partial charge on any atom is -0.497 e. The molecule has 0 fully saturated rings. The van der Waals surface area contributed by atoms with E-state index >= 15 is 0 Å². The second-order valence-electron chi connectivity index (χ2n) is 5.76. The number of ether oxygens (including phenoxy) is 4. The van der Waals surface area contributed by atoms with E-state index in [0.717, 1.165) is 16.7 Å². The largest absolute Gasteiger partial charge is 0.497 e. The molecule has 0 radical (unpaired) electrons.